The number of aryl methyl sites for hydroxylation is 3. The number of hydrogen-bond donors (Lipinski definition) is 2. The van der Waals surface area contributed by atoms with Crippen LogP contribution in [-0.2, 0) is 12.8 Å². The fourth-order valence-corrected chi connectivity index (χ4v) is 5.43. The number of aromatic hydroxyl groups is 1. The minimum absolute atomic E-state index is 0.104. The molecule has 1 aliphatic rings. The predicted molar refractivity (Wildman–Crippen MR) is 129 cm³/mol. The quantitative estimate of drug-likeness (QED) is 0.449. The molecule has 5 heteroatoms. The zero-order valence-electron chi connectivity index (χ0n) is 18.1. The first-order chi connectivity index (χ1) is 15.0. The summed E-state index contributed by atoms with van der Waals surface area (Å²) >= 11 is 1.61. The van der Waals surface area contributed by atoms with Crippen molar-refractivity contribution >= 4 is 34.1 Å². The molecule has 0 saturated carbocycles. The Hall–Kier alpha value is -2.92. The van der Waals surface area contributed by atoms with Crippen molar-refractivity contribution in [2.45, 2.75) is 52.4 Å². The molecular weight excluding hydrogens is 404 g/mol. The average molecular weight is 433 g/mol. The van der Waals surface area contributed by atoms with Gasteiger partial charge >= 0.3 is 0 Å². The SMILES string of the molecule is Cc1cc(C)cc(NC(=O)c2c(N=Cc3ccccc3O)sc3c2CCCCCC3)c1. The number of fused-ring (bicyclic) bond motifs is 1. The Morgan fingerprint density at radius 1 is 1.03 bits per heavy atom. The van der Waals surface area contributed by atoms with Crippen LogP contribution in [0.3, 0.4) is 0 Å². The summed E-state index contributed by atoms with van der Waals surface area (Å²) in [5.41, 5.74) is 5.53. The summed E-state index contributed by atoms with van der Waals surface area (Å²) in [6.07, 6.45) is 8.23. The number of carbonyl (C=O) groups is 1. The van der Waals surface area contributed by atoms with Crippen LogP contribution in [0.15, 0.2) is 47.5 Å². The van der Waals surface area contributed by atoms with Crippen LogP contribution < -0.4 is 5.32 Å². The molecule has 1 amide bonds. The van der Waals surface area contributed by atoms with E-state index in [0.29, 0.717) is 11.1 Å². The molecule has 0 spiro atoms. The first kappa shape index (κ1) is 21.3. The second-order valence-electron chi connectivity index (χ2n) is 8.25. The molecule has 4 nitrogen and oxygen atoms in total. The Morgan fingerprint density at radius 3 is 2.48 bits per heavy atom. The van der Waals surface area contributed by atoms with E-state index in [1.807, 2.05) is 38.1 Å². The molecule has 0 atom stereocenters. The van der Waals surface area contributed by atoms with E-state index in [2.05, 4.69) is 16.4 Å². The summed E-state index contributed by atoms with van der Waals surface area (Å²) in [4.78, 5) is 19.4. The van der Waals surface area contributed by atoms with Gasteiger partial charge in [-0.25, -0.2) is 4.99 Å². The molecule has 0 saturated heterocycles. The maximum absolute atomic E-state index is 13.4. The topological polar surface area (TPSA) is 61.7 Å². The molecule has 4 rings (SSSR count). The normalized spacial score (nSPS) is 14.1. The number of anilines is 1. The Balaban J connectivity index is 1.73. The molecule has 2 aromatic carbocycles. The van der Waals surface area contributed by atoms with Crippen molar-refractivity contribution in [1.29, 1.82) is 0 Å². The lowest BCUT2D eigenvalue weighted by Gasteiger charge is -2.12. The molecule has 0 radical (unpaired) electrons. The number of carbonyl (C=O) groups excluding carboxylic acids is 1. The van der Waals surface area contributed by atoms with Gasteiger partial charge in [0.1, 0.15) is 10.8 Å². The number of amides is 1. The number of rotatable bonds is 4. The lowest BCUT2D eigenvalue weighted by Crippen LogP contribution is -2.14. The van der Waals surface area contributed by atoms with Crippen molar-refractivity contribution in [2.24, 2.45) is 4.99 Å². The molecule has 2 N–H and O–H groups in total. The van der Waals surface area contributed by atoms with Crippen LogP contribution in [0.2, 0.25) is 0 Å². The van der Waals surface area contributed by atoms with Crippen LogP contribution in [0, 0.1) is 13.8 Å². The van der Waals surface area contributed by atoms with Gasteiger partial charge in [0, 0.05) is 22.3 Å². The van der Waals surface area contributed by atoms with E-state index in [1.165, 1.54) is 17.7 Å². The van der Waals surface area contributed by atoms with Gasteiger partial charge in [-0.1, -0.05) is 31.0 Å². The van der Waals surface area contributed by atoms with Gasteiger partial charge < -0.3 is 10.4 Å². The highest BCUT2D eigenvalue weighted by Crippen LogP contribution is 2.39. The molecular formula is C26H28N2O2S. The Kier molecular flexibility index (Phi) is 6.52. The largest absolute Gasteiger partial charge is 0.507 e. The van der Waals surface area contributed by atoms with Gasteiger partial charge in [-0.05, 0) is 80.5 Å². The third-order valence-corrected chi connectivity index (χ3v) is 6.82. The molecule has 0 aliphatic heterocycles. The van der Waals surface area contributed by atoms with Crippen molar-refractivity contribution in [2.75, 3.05) is 5.32 Å². The molecule has 0 fully saturated rings. The molecule has 1 aliphatic carbocycles. The molecule has 1 heterocycles. The number of para-hydroxylation sites is 1. The van der Waals surface area contributed by atoms with Gasteiger partial charge in [-0.2, -0.15) is 0 Å². The third kappa shape index (κ3) is 5.05. The van der Waals surface area contributed by atoms with Gasteiger partial charge in [0.05, 0.1) is 5.56 Å². The first-order valence-electron chi connectivity index (χ1n) is 10.9. The molecule has 0 unspecified atom stereocenters. The highest BCUT2D eigenvalue weighted by atomic mass is 32.1. The van der Waals surface area contributed by atoms with E-state index in [9.17, 15) is 9.90 Å². The lowest BCUT2D eigenvalue weighted by molar-refractivity contribution is 0.102. The van der Waals surface area contributed by atoms with E-state index in [4.69, 9.17) is 0 Å². The van der Waals surface area contributed by atoms with Crippen LogP contribution in [-0.4, -0.2) is 17.2 Å². The number of phenolic OH excluding ortho intramolecular Hbond substituents is 1. The highest BCUT2D eigenvalue weighted by Gasteiger charge is 2.24. The number of nitrogens with zero attached hydrogens (tertiary/aromatic N) is 1. The predicted octanol–water partition coefficient (Wildman–Crippen LogP) is 6.73. The molecule has 3 aromatic rings. The van der Waals surface area contributed by atoms with E-state index in [-0.39, 0.29) is 11.7 Å². The number of aliphatic imine (C=N–C) groups is 1. The second-order valence-corrected chi connectivity index (χ2v) is 9.33. The van der Waals surface area contributed by atoms with Crippen LogP contribution in [0.4, 0.5) is 10.7 Å². The first-order valence-corrected chi connectivity index (χ1v) is 11.7. The van der Waals surface area contributed by atoms with Crippen LogP contribution in [0.1, 0.15) is 63.2 Å². The smallest absolute Gasteiger partial charge is 0.259 e. The fourth-order valence-electron chi connectivity index (χ4n) is 4.20. The minimum atomic E-state index is -0.104. The van der Waals surface area contributed by atoms with Crippen molar-refractivity contribution < 1.29 is 9.90 Å². The standard InChI is InChI=1S/C26H28N2O2S/c1-17-13-18(2)15-20(14-17)28-25(30)24-21-10-5-3-4-6-12-23(21)31-26(24)27-16-19-9-7-8-11-22(19)29/h7-9,11,13-16,29H,3-6,10,12H2,1-2H3,(H,28,30). The van der Waals surface area contributed by atoms with Crippen LogP contribution in [0.5, 0.6) is 5.75 Å². The van der Waals surface area contributed by atoms with Gasteiger partial charge in [0.2, 0.25) is 0 Å². The summed E-state index contributed by atoms with van der Waals surface area (Å²) < 4.78 is 0. The lowest BCUT2D eigenvalue weighted by atomic mass is 9.96. The number of nitrogens with one attached hydrogen (secondary N) is 1. The van der Waals surface area contributed by atoms with E-state index >= 15 is 0 Å². The minimum Gasteiger partial charge on any atom is -0.507 e. The molecule has 31 heavy (non-hydrogen) atoms. The average Bonchev–Trinajstić information content (AvgIpc) is 3.03. The van der Waals surface area contributed by atoms with E-state index in [1.54, 1.807) is 29.7 Å². The zero-order chi connectivity index (χ0) is 21.8. The third-order valence-electron chi connectivity index (χ3n) is 5.62. The summed E-state index contributed by atoms with van der Waals surface area (Å²) in [7, 11) is 0. The van der Waals surface area contributed by atoms with E-state index in [0.717, 1.165) is 53.1 Å². The number of thiophene rings is 1. The van der Waals surface area contributed by atoms with Crippen LogP contribution in [0.25, 0.3) is 0 Å². The monoisotopic (exact) mass is 432 g/mol. The van der Waals surface area contributed by atoms with Crippen molar-refractivity contribution in [3.8, 4) is 5.75 Å². The van der Waals surface area contributed by atoms with Crippen LogP contribution >= 0.6 is 11.3 Å². The Morgan fingerprint density at radius 2 is 1.74 bits per heavy atom. The maximum Gasteiger partial charge on any atom is 0.259 e. The Labute approximate surface area is 187 Å². The number of phenols is 1. The van der Waals surface area contributed by atoms with Crippen molar-refractivity contribution in [3.05, 3.63) is 75.2 Å². The highest BCUT2D eigenvalue weighted by molar-refractivity contribution is 7.16. The summed E-state index contributed by atoms with van der Waals surface area (Å²) in [5.74, 6) is 0.0786. The van der Waals surface area contributed by atoms with Gasteiger partial charge in [0.15, 0.2) is 0 Å². The van der Waals surface area contributed by atoms with Gasteiger partial charge in [0.25, 0.3) is 5.91 Å². The number of benzene rings is 2. The summed E-state index contributed by atoms with van der Waals surface area (Å²) in [6, 6.07) is 13.2. The summed E-state index contributed by atoms with van der Waals surface area (Å²) in [6.45, 7) is 4.07. The van der Waals surface area contributed by atoms with E-state index < -0.39 is 0 Å². The summed E-state index contributed by atoms with van der Waals surface area (Å²) in [5, 5.41) is 13.9. The second kappa shape index (κ2) is 9.48. The fraction of sp³-hybridized carbons (Fsp3) is 0.308. The number of hydrogen-bond acceptors (Lipinski definition) is 4. The Bertz CT molecular complexity index is 1110. The van der Waals surface area contributed by atoms with Crippen molar-refractivity contribution in [1.82, 2.24) is 0 Å². The molecule has 1 aromatic heterocycles. The molecule has 160 valence electrons. The van der Waals surface area contributed by atoms with Gasteiger partial charge in [-0.3, -0.25) is 4.79 Å². The van der Waals surface area contributed by atoms with Gasteiger partial charge in [-0.15, -0.1) is 11.3 Å². The van der Waals surface area contributed by atoms with Crippen molar-refractivity contribution in [3.63, 3.8) is 0 Å². The molecule has 0 bridgehead atoms. The zero-order valence-corrected chi connectivity index (χ0v) is 18.9. The maximum atomic E-state index is 13.4.